The molecule has 1 N–H and O–H groups in total. The van der Waals surface area contributed by atoms with Crippen LogP contribution in [0.15, 0.2) is 28.7 Å². The van der Waals surface area contributed by atoms with Crippen LogP contribution in [0.4, 0.5) is 0 Å². The number of thioether (sulfide) groups is 2. The minimum absolute atomic E-state index is 0.554. The second-order valence-electron chi connectivity index (χ2n) is 4.71. The van der Waals surface area contributed by atoms with Crippen molar-refractivity contribution in [2.75, 3.05) is 23.8 Å². The van der Waals surface area contributed by atoms with E-state index in [-0.39, 0.29) is 0 Å². The summed E-state index contributed by atoms with van der Waals surface area (Å²) in [4.78, 5) is 0. The van der Waals surface area contributed by atoms with E-state index in [0.717, 1.165) is 22.7 Å². The van der Waals surface area contributed by atoms with Gasteiger partial charge in [0.15, 0.2) is 0 Å². The van der Waals surface area contributed by atoms with Gasteiger partial charge in [-0.25, -0.2) is 0 Å². The molecule has 0 bridgehead atoms. The van der Waals surface area contributed by atoms with Crippen LogP contribution < -0.4 is 5.32 Å². The van der Waals surface area contributed by atoms with Crippen LogP contribution in [0.2, 0.25) is 0 Å². The van der Waals surface area contributed by atoms with Gasteiger partial charge in [-0.1, -0.05) is 28.1 Å². The van der Waals surface area contributed by atoms with Crippen molar-refractivity contribution in [1.82, 2.24) is 5.32 Å². The first-order valence-corrected chi connectivity index (χ1v) is 9.41. The second kappa shape index (κ2) is 7.83. The zero-order valence-electron chi connectivity index (χ0n) is 10.7. The largest absolute Gasteiger partial charge is 0.313 e. The van der Waals surface area contributed by atoms with Gasteiger partial charge in [0.05, 0.1) is 0 Å². The normalized spacial score (nSPS) is 21.8. The summed E-state index contributed by atoms with van der Waals surface area (Å²) in [6, 6.07) is 9.20. The molecule has 1 aliphatic heterocycles. The minimum atomic E-state index is 0.554. The van der Waals surface area contributed by atoms with Crippen LogP contribution >= 0.6 is 39.5 Å². The first-order chi connectivity index (χ1) is 8.74. The van der Waals surface area contributed by atoms with E-state index in [1.165, 1.54) is 22.8 Å². The van der Waals surface area contributed by atoms with Gasteiger partial charge in [0, 0.05) is 39.6 Å². The topological polar surface area (TPSA) is 12.0 Å². The van der Waals surface area contributed by atoms with Crippen LogP contribution in [-0.4, -0.2) is 35.1 Å². The maximum absolute atomic E-state index is 3.67. The number of hydrogen-bond acceptors (Lipinski definition) is 3. The highest BCUT2D eigenvalue weighted by molar-refractivity contribution is 9.10. The smallest absolute Gasteiger partial charge is 0.0263 e. The number of hydrogen-bond donors (Lipinski definition) is 1. The van der Waals surface area contributed by atoms with E-state index >= 15 is 0 Å². The molecule has 1 aliphatic rings. The molecular formula is C14H20BrNS2. The molecule has 4 heteroatoms. The Labute approximate surface area is 127 Å². The molecule has 1 heterocycles. The fraction of sp³-hybridized carbons (Fsp3) is 0.571. The van der Waals surface area contributed by atoms with Crippen molar-refractivity contribution in [2.45, 2.75) is 24.6 Å². The molecule has 0 spiro atoms. The summed E-state index contributed by atoms with van der Waals surface area (Å²) in [6.45, 7) is 3.43. The molecule has 1 aromatic rings. The third-order valence-corrected chi connectivity index (χ3v) is 6.41. The molecule has 0 saturated carbocycles. The van der Waals surface area contributed by atoms with Gasteiger partial charge in [0.25, 0.3) is 0 Å². The number of benzene rings is 1. The monoisotopic (exact) mass is 345 g/mol. The van der Waals surface area contributed by atoms with E-state index in [1.54, 1.807) is 0 Å². The zero-order valence-corrected chi connectivity index (χ0v) is 13.9. The van der Waals surface area contributed by atoms with Crippen LogP contribution in [0.25, 0.3) is 0 Å². The third kappa shape index (κ3) is 5.16. The van der Waals surface area contributed by atoms with Crippen LogP contribution in [0.1, 0.15) is 12.5 Å². The molecule has 1 fully saturated rings. The SMILES string of the molecule is CC(Cc1ccc(Br)cc1)NCC1CSCCS1. The van der Waals surface area contributed by atoms with Gasteiger partial charge in [-0.2, -0.15) is 23.5 Å². The van der Waals surface area contributed by atoms with Crippen molar-refractivity contribution < 1.29 is 0 Å². The van der Waals surface area contributed by atoms with Gasteiger partial charge in [0.1, 0.15) is 0 Å². The van der Waals surface area contributed by atoms with E-state index in [2.05, 4.69) is 76.0 Å². The summed E-state index contributed by atoms with van der Waals surface area (Å²) in [6.07, 6.45) is 1.11. The Bertz CT molecular complexity index is 349. The zero-order chi connectivity index (χ0) is 12.8. The molecule has 1 saturated heterocycles. The molecule has 1 aromatic carbocycles. The molecule has 2 atom stereocenters. The summed E-state index contributed by atoms with van der Waals surface area (Å²) in [5.41, 5.74) is 1.41. The molecule has 0 aromatic heterocycles. The van der Waals surface area contributed by atoms with E-state index in [4.69, 9.17) is 0 Å². The predicted octanol–water partition coefficient (Wildman–Crippen LogP) is 3.82. The number of rotatable bonds is 5. The fourth-order valence-corrected chi connectivity index (χ4v) is 4.92. The van der Waals surface area contributed by atoms with Gasteiger partial charge in [-0.3, -0.25) is 0 Å². The minimum Gasteiger partial charge on any atom is -0.313 e. The molecule has 2 rings (SSSR count). The van der Waals surface area contributed by atoms with E-state index in [1.807, 2.05) is 0 Å². The van der Waals surface area contributed by atoms with Gasteiger partial charge in [0.2, 0.25) is 0 Å². The van der Waals surface area contributed by atoms with Gasteiger partial charge in [-0.15, -0.1) is 0 Å². The van der Waals surface area contributed by atoms with Gasteiger partial charge in [-0.05, 0) is 31.0 Å². The van der Waals surface area contributed by atoms with E-state index < -0.39 is 0 Å². The quantitative estimate of drug-likeness (QED) is 0.871. The van der Waals surface area contributed by atoms with Gasteiger partial charge >= 0.3 is 0 Å². The highest BCUT2D eigenvalue weighted by atomic mass is 79.9. The van der Waals surface area contributed by atoms with Crippen molar-refractivity contribution >= 4 is 39.5 Å². The van der Waals surface area contributed by atoms with Crippen molar-refractivity contribution in [3.63, 3.8) is 0 Å². The Hall–Kier alpha value is 0.360. The van der Waals surface area contributed by atoms with Crippen LogP contribution in [0.3, 0.4) is 0 Å². The van der Waals surface area contributed by atoms with Crippen molar-refractivity contribution in [2.24, 2.45) is 0 Å². The highest BCUT2D eigenvalue weighted by Crippen LogP contribution is 2.23. The maximum Gasteiger partial charge on any atom is 0.0263 e. The third-order valence-electron chi connectivity index (χ3n) is 3.03. The lowest BCUT2D eigenvalue weighted by atomic mass is 10.1. The summed E-state index contributed by atoms with van der Waals surface area (Å²) >= 11 is 7.69. The van der Waals surface area contributed by atoms with Crippen molar-refractivity contribution in [1.29, 1.82) is 0 Å². The Kier molecular flexibility index (Phi) is 6.42. The molecule has 18 heavy (non-hydrogen) atoms. The maximum atomic E-state index is 3.67. The molecule has 0 aliphatic carbocycles. The summed E-state index contributed by atoms with van der Waals surface area (Å²) in [7, 11) is 0. The summed E-state index contributed by atoms with van der Waals surface area (Å²) in [5, 5.41) is 4.47. The average molecular weight is 346 g/mol. The first kappa shape index (κ1) is 14.8. The Morgan fingerprint density at radius 3 is 2.78 bits per heavy atom. The Balaban J connectivity index is 1.71. The van der Waals surface area contributed by atoms with Crippen molar-refractivity contribution in [3.05, 3.63) is 34.3 Å². The molecule has 100 valence electrons. The van der Waals surface area contributed by atoms with E-state index in [0.29, 0.717) is 6.04 Å². The van der Waals surface area contributed by atoms with E-state index in [9.17, 15) is 0 Å². The molecule has 0 radical (unpaired) electrons. The molecule has 0 amide bonds. The lowest BCUT2D eigenvalue weighted by molar-refractivity contribution is 0.549. The lowest BCUT2D eigenvalue weighted by Gasteiger charge is -2.23. The molecule has 2 unspecified atom stereocenters. The number of nitrogens with one attached hydrogen (secondary N) is 1. The summed E-state index contributed by atoms with van der Waals surface area (Å²) < 4.78 is 1.16. The van der Waals surface area contributed by atoms with Gasteiger partial charge < -0.3 is 5.32 Å². The average Bonchev–Trinajstić information content (AvgIpc) is 2.40. The number of halogens is 1. The standard InChI is InChI=1S/C14H20BrNS2/c1-11(8-12-2-4-13(15)5-3-12)16-9-14-10-17-6-7-18-14/h2-5,11,14,16H,6-10H2,1H3. The highest BCUT2D eigenvalue weighted by Gasteiger charge is 2.14. The second-order valence-corrected chi connectivity index (χ2v) is 8.18. The van der Waals surface area contributed by atoms with Crippen LogP contribution in [0.5, 0.6) is 0 Å². The Morgan fingerprint density at radius 2 is 2.11 bits per heavy atom. The first-order valence-electron chi connectivity index (χ1n) is 6.41. The predicted molar refractivity (Wildman–Crippen MR) is 88.9 cm³/mol. The lowest BCUT2D eigenvalue weighted by Crippen LogP contribution is -2.36. The van der Waals surface area contributed by atoms with Crippen LogP contribution in [-0.2, 0) is 6.42 Å². The fourth-order valence-electron chi connectivity index (χ4n) is 2.03. The van der Waals surface area contributed by atoms with Crippen molar-refractivity contribution in [3.8, 4) is 0 Å². The molecule has 1 nitrogen and oxygen atoms in total. The van der Waals surface area contributed by atoms with Crippen LogP contribution in [0, 0.1) is 0 Å². The summed E-state index contributed by atoms with van der Waals surface area (Å²) in [5.74, 6) is 3.95. The Morgan fingerprint density at radius 1 is 1.33 bits per heavy atom. The molecular weight excluding hydrogens is 326 g/mol.